The third-order valence-electron chi connectivity index (χ3n) is 4.73. The van der Waals surface area contributed by atoms with Crippen LogP contribution in [-0.2, 0) is 0 Å². The van der Waals surface area contributed by atoms with E-state index in [2.05, 4.69) is 36.2 Å². The zero-order chi connectivity index (χ0) is 15.9. The van der Waals surface area contributed by atoms with E-state index in [1.165, 1.54) is 18.4 Å². The molecule has 0 bridgehead atoms. The molecule has 1 aliphatic rings. The fourth-order valence-electron chi connectivity index (χ4n) is 3.02. The minimum atomic E-state index is -0.288. The third kappa shape index (κ3) is 4.97. The number of likely N-dealkylation sites (tertiary alicyclic amines) is 1. The molecule has 2 rings (SSSR count). The monoisotopic (exact) mass is 306 g/mol. The number of benzene rings is 1. The van der Waals surface area contributed by atoms with Gasteiger partial charge in [-0.3, -0.25) is 0 Å². The molecule has 124 valence electrons. The number of hydrogen-bond donors (Lipinski definition) is 2. The summed E-state index contributed by atoms with van der Waals surface area (Å²) in [5.41, 5.74) is 1.29. The predicted octanol–water partition coefficient (Wildman–Crippen LogP) is 2.23. The number of aliphatic hydroxyl groups is 1. The van der Waals surface area contributed by atoms with Crippen molar-refractivity contribution < 1.29 is 9.84 Å². The molecule has 3 atom stereocenters. The van der Waals surface area contributed by atoms with E-state index < -0.39 is 0 Å². The molecule has 2 N–H and O–H groups in total. The highest BCUT2D eigenvalue weighted by molar-refractivity contribution is 5.29. The van der Waals surface area contributed by atoms with Crippen LogP contribution in [0, 0.1) is 0 Å². The molecular weight excluding hydrogens is 276 g/mol. The number of aliphatic hydroxyl groups excluding tert-OH is 1. The van der Waals surface area contributed by atoms with Crippen molar-refractivity contribution in [1.82, 2.24) is 10.2 Å². The summed E-state index contributed by atoms with van der Waals surface area (Å²) in [6.45, 7) is 8.10. The number of nitrogens with one attached hydrogen (secondary N) is 1. The number of ether oxygens (including phenoxy) is 1. The number of methoxy groups -OCH3 is 1. The SMILES string of the molecule is COc1ccc(C(C)C(C)NCC(O)CN2CCCC2)cc1. The average molecular weight is 306 g/mol. The van der Waals surface area contributed by atoms with Crippen LogP contribution in [0.2, 0.25) is 0 Å². The minimum Gasteiger partial charge on any atom is -0.497 e. The van der Waals surface area contributed by atoms with Crippen molar-refractivity contribution in [3.8, 4) is 5.75 Å². The maximum atomic E-state index is 10.2. The quantitative estimate of drug-likeness (QED) is 0.773. The zero-order valence-electron chi connectivity index (χ0n) is 14.1. The van der Waals surface area contributed by atoms with E-state index in [-0.39, 0.29) is 6.10 Å². The Hall–Kier alpha value is -1.10. The van der Waals surface area contributed by atoms with Gasteiger partial charge in [0.2, 0.25) is 0 Å². The second-order valence-electron chi connectivity index (χ2n) is 6.42. The van der Waals surface area contributed by atoms with Crippen molar-refractivity contribution in [2.45, 2.75) is 44.8 Å². The molecule has 0 spiro atoms. The summed E-state index contributed by atoms with van der Waals surface area (Å²) in [6.07, 6.45) is 2.25. The lowest BCUT2D eigenvalue weighted by Gasteiger charge is -2.25. The molecule has 1 heterocycles. The predicted molar refractivity (Wildman–Crippen MR) is 90.6 cm³/mol. The Labute approximate surface area is 134 Å². The highest BCUT2D eigenvalue weighted by atomic mass is 16.5. The molecule has 0 aliphatic carbocycles. The van der Waals surface area contributed by atoms with Crippen LogP contribution >= 0.6 is 0 Å². The summed E-state index contributed by atoms with van der Waals surface area (Å²) in [4.78, 5) is 2.35. The smallest absolute Gasteiger partial charge is 0.118 e. The summed E-state index contributed by atoms with van der Waals surface area (Å²) in [5, 5.41) is 13.6. The van der Waals surface area contributed by atoms with Gasteiger partial charge < -0.3 is 20.1 Å². The highest BCUT2D eigenvalue weighted by Crippen LogP contribution is 2.22. The van der Waals surface area contributed by atoms with E-state index >= 15 is 0 Å². The van der Waals surface area contributed by atoms with Crippen molar-refractivity contribution in [3.63, 3.8) is 0 Å². The molecule has 3 unspecified atom stereocenters. The maximum absolute atomic E-state index is 10.2. The van der Waals surface area contributed by atoms with Gasteiger partial charge in [-0.05, 0) is 56.5 Å². The standard InChI is InChI=1S/C18H30N2O2/c1-14(16-6-8-18(22-3)9-7-16)15(2)19-12-17(21)13-20-10-4-5-11-20/h6-9,14-15,17,19,21H,4-5,10-13H2,1-3H3. The molecule has 22 heavy (non-hydrogen) atoms. The Morgan fingerprint density at radius 2 is 1.82 bits per heavy atom. The van der Waals surface area contributed by atoms with Crippen LogP contribution in [-0.4, -0.2) is 55.4 Å². The molecule has 0 aromatic heterocycles. The van der Waals surface area contributed by atoms with Gasteiger partial charge in [-0.25, -0.2) is 0 Å². The van der Waals surface area contributed by atoms with Crippen LogP contribution in [0.15, 0.2) is 24.3 Å². The van der Waals surface area contributed by atoms with Crippen LogP contribution in [0.4, 0.5) is 0 Å². The first-order valence-corrected chi connectivity index (χ1v) is 8.38. The summed E-state index contributed by atoms with van der Waals surface area (Å²) < 4.78 is 5.20. The molecule has 0 saturated carbocycles. The summed E-state index contributed by atoms with van der Waals surface area (Å²) in [5.74, 6) is 1.28. The van der Waals surface area contributed by atoms with E-state index in [0.717, 1.165) is 25.4 Å². The van der Waals surface area contributed by atoms with Crippen LogP contribution in [0.5, 0.6) is 5.75 Å². The van der Waals surface area contributed by atoms with Gasteiger partial charge in [0, 0.05) is 19.1 Å². The third-order valence-corrected chi connectivity index (χ3v) is 4.73. The molecule has 0 amide bonds. The van der Waals surface area contributed by atoms with Crippen LogP contribution in [0.25, 0.3) is 0 Å². The lowest BCUT2D eigenvalue weighted by atomic mass is 9.94. The second-order valence-corrected chi connectivity index (χ2v) is 6.42. The van der Waals surface area contributed by atoms with Gasteiger partial charge in [-0.1, -0.05) is 19.1 Å². The minimum absolute atomic E-state index is 0.288. The molecule has 4 heteroatoms. The largest absolute Gasteiger partial charge is 0.497 e. The van der Waals surface area contributed by atoms with E-state index in [9.17, 15) is 5.11 Å². The van der Waals surface area contributed by atoms with Gasteiger partial charge in [0.05, 0.1) is 13.2 Å². The molecular formula is C18H30N2O2. The Bertz CT molecular complexity index is 429. The first-order chi connectivity index (χ1) is 10.6. The van der Waals surface area contributed by atoms with Crippen molar-refractivity contribution in [2.75, 3.05) is 33.3 Å². The van der Waals surface area contributed by atoms with Crippen LogP contribution in [0.1, 0.15) is 38.2 Å². The number of nitrogens with zero attached hydrogens (tertiary/aromatic N) is 1. The fraction of sp³-hybridized carbons (Fsp3) is 0.667. The topological polar surface area (TPSA) is 44.7 Å². The first kappa shape index (κ1) is 17.3. The van der Waals surface area contributed by atoms with Gasteiger partial charge in [-0.2, -0.15) is 0 Å². The van der Waals surface area contributed by atoms with Crippen molar-refractivity contribution in [3.05, 3.63) is 29.8 Å². The Kier molecular flexibility index (Phi) is 6.68. The zero-order valence-corrected chi connectivity index (χ0v) is 14.1. The van der Waals surface area contributed by atoms with E-state index in [0.29, 0.717) is 18.5 Å². The van der Waals surface area contributed by atoms with Gasteiger partial charge in [0.1, 0.15) is 5.75 Å². The average Bonchev–Trinajstić information content (AvgIpc) is 3.05. The molecule has 1 saturated heterocycles. The van der Waals surface area contributed by atoms with Gasteiger partial charge >= 0.3 is 0 Å². The van der Waals surface area contributed by atoms with Crippen LogP contribution < -0.4 is 10.1 Å². The summed E-state index contributed by atoms with van der Waals surface area (Å²) >= 11 is 0. The van der Waals surface area contributed by atoms with Crippen LogP contribution in [0.3, 0.4) is 0 Å². The fourth-order valence-corrected chi connectivity index (χ4v) is 3.02. The van der Waals surface area contributed by atoms with Crippen molar-refractivity contribution in [2.24, 2.45) is 0 Å². The van der Waals surface area contributed by atoms with Gasteiger partial charge in [0.25, 0.3) is 0 Å². The molecule has 1 aliphatic heterocycles. The second kappa shape index (κ2) is 8.51. The van der Waals surface area contributed by atoms with E-state index in [1.54, 1.807) is 7.11 Å². The molecule has 1 fully saturated rings. The summed E-state index contributed by atoms with van der Waals surface area (Å²) in [7, 11) is 1.68. The van der Waals surface area contributed by atoms with Crippen molar-refractivity contribution in [1.29, 1.82) is 0 Å². The lowest BCUT2D eigenvalue weighted by Crippen LogP contribution is -2.41. The highest BCUT2D eigenvalue weighted by Gasteiger charge is 2.18. The maximum Gasteiger partial charge on any atom is 0.118 e. The van der Waals surface area contributed by atoms with Gasteiger partial charge in [-0.15, -0.1) is 0 Å². The lowest BCUT2D eigenvalue weighted by molar-refractivity contribution is 0.120. The van der Waals surface area contributed by atoms with Crippen molar-refractivity contribution >= 4 is 0 Å². The first-order valence-electron chi connectivity index (χ1n) is 8.38. The van der Waals surface area contributed by atoms with E-state index in [4.69, 9.17) is 4.74 Å². The Morgan fingerprint density at radius 3 is 2.41 bits per heavy atom. The molecule has 4 nitrogen and oxygen atoms in total. The Balaban J connectivity index is 1.76. The molecule has 1 aromatic carbocycles. The van der Waals surface area contributed by atoms with E-state index in [1.807, 2.05) is 12.1 Å². The normalized spacial score (nSPS) is 19.8. The molecule has 1 aromatic rings. The molecule has 0 radical (unpaired) electrons. The number of hydrogen-bond acceptors (Lipinski definition) is 4. The van der Waals surface area contributed by atoms with Gasteiger partial charge in [0.15, 0.2) is 0 Å². The Morgan fingerprint density at radius 1 is 1.18 bits per heavy atom. The number of β-amino-alcohol motifs (C(OH)–C–C–N with tert-alkyl or cyclic N) is 1. The summed E-state index contributed by atoms with van der Waals surface area (Å²) in [6, 6.07) is 8.55. The number of rotatable bonds is 8.